The minimum Gasteiger partial charge on any atom is -0.367 e. The first-order valence-electron chi connectivity index (χ1n) is 7.36. The molecule has 0 saturated carbocycles. The first-order chi connectivity index (χ1) is 8.79. The quantitative estimate of drug-likeness (QED) is 0.860. The van der Waals surface area contributed by atoms with E-state index in [9.17, 15) is 0 Å². The van der Waals surface area contributed by atoms with Gasteiger partial charge in [-0.25, -0.2) is 0 Å². The third kappa shape index (κ3) is 2.03. The lowest BCUT2D eigenvalue weighted by atomic mass is 9.93. The standard InChI is InChI=1S/C16H24N2/c1-3-13-10-17-11-16(13)18-8-4-5-14-9-12(2)6-7-15(14)18/h6-7,9,13,16-17H,3-5,8,10-11H2,1-2H3. The Morgan fingerprint density at radius 1 is 1.33 bits per heavy atom. The molecule has 1 N–H and O–H groups in total. The third-order valence-electron chi connectivity index (χ3n) is 4.62. The lowest BCUT2D eigenvalue weighted by molar-refractivity contribution is 0.455. The van der Waals surface area contributed by atoms with Crippen molar-refractivity contribution < 1.29 is 0 Å². The summed E-state index contributed by atoms with van der Waals surface area (Å²) in [5.41, 5.74) is 4.45. The Morgan fingerprint density at radius 2 is 2.22 bits per heavy atom. The van der Waals surface area contributed by atoms with Gasteiger partial charge in [-0.2, -0.15) is 0 Å². The maximum atomic E-state index is 3.57. The molecule has 2 aliphatic rings. The van der Waals surface area contributed by atoms with Gasteiger partial charge in [-0.1, -0.05) is 31.0 Å². The fourth-order valence-electron chi connectivity index (χ4n) is 3.60. The van der Waals surface area contributed by atoms with E-state index in [0.717, 1.165) is 12.5 Å². The molecule has 2 heteroatoms. The second kappa shape index (κ2) is 4.93. The number of nitrogens with one attached hydrogen (secondary N) is 1. The summed E-state index contributed by atoms with van der Waals surface area (Å²) in [5.74, 6) is 0.817. The summed E-state index contributed by atoms with van der Waals surface area (Å²) in [6.07, 6.45) is 3.85. The molecule has 1 saturated heterocycles. The fraction of sp³-hybridized carbons (Fsp3) is 0.625. The normalized spacial score (nSPS) is 27.3. The van der Waals surface area contributed by atoms with Crippen molar-refractivity contribution in [2.24, 2.45) is 5.92 Å². The number of anilines is 1. The predicted octanol–water partition coefficient (Wildman–Crippen LogP) is 2.75. The van der Waals surface area contributed by atoms with E-state index < -0.39 is 0 Å². The van der Waals surface area contributed by atoms with E-state index in [4.69, 9.17) is 0 Å². The van der Waals surface area contributed by atoms with E-state index in [1.54, 1.807) is 5.56 Å². The maximum absolute atomic E-state index is 3.57. The van der Waals surface area contributed by atoms with E-state index in [1.807, 2.05) is 0 Å². The van der Waals surface area contributed by atoms with Crippen LogP contribution in [0.1, 0.15) is 30.9 Å². The molecule has 2 nitrogen and oxygen atoms in total. The van der Waals surface area contributed by atoms with Gasteiger partial charge < -0.3 is 10.2 Å². The molecule has 98 valence electrons. The van der Waals surface area contributed by atoms with Gasteiger partial charge in [-0.15, -0.1) is 0 Å². The highest BCUT2D eigenvalue weighted by Gasteiger charge is 2.32. The first kappa shape index (κ1) is 12.0. The van der Waals surface area contributed by atoms with Crippen LogP contribution in [-0.4, -0.2) is 25.7 Å². The minimum absolute atomic E-state index is 0.705. The number of aryl methyl sites for hydroxylation is 2. The van der Waals surface area contributed by atoms with E-state index in [0.29, 0.717) is 6.04 Å². The van der Waals surface area contributed by atoms with Gasteiger partial charge in [-0.3, -0.25) is 0 Å². The van der Waals surface area contributed by atoms with Gasteiger partial charge in [0, 0.05) is 31.4 Å². The van der Waals surface area contributed by atoms with Gasteiger partial charge >= 0.3 is 0 Å². The smallest absolute Gasteiger partial charge is 0.0454 e. The summed E-state index contributed by atoms with van der Waals surface area (Å²) in [4.78, 5) is 2.67. The molecule has 0 aliphatic carbocycles. The summed E-state index contributed by atoms with van der Waals surface area (Å²) in [7, 11) is 0. The van der Waals surface area contributed by atoms with Crippen LogP contribution >= 0.6 is 0 Å². The molecular formula is C16H24N2. The number of benzene rings is 1. The zero-order valence-corrected chi connectivity index (χ0v) is 11.6. The summed E-state index contributed by atoms with van der Waals surface area (Å²) < 4.78 is 0. The number of rotatable bonds is 2. The highest BCUT2D eigenvalue weighted by atomic mass is 15.2. The van der Waals surface area contributed by atoms with Crippen molar-refractivity contribution in [3.8, 4) is 0 Å². The van der Waals surface area contributed by atoms with Gasteiger partial charge in [-0.05, 0) is 37.3 Å². The molecule has 0 aromatic heterocycles. The van der Waals surface area contributed by atoms with Gasteiger partial charge in [0.25, 0.3) is 0 Å². The fourth-order valence-corrected chi connectivity index (χ4v) is 3.60. The van der Waals surface area contributed by atoms with Crippen LogP contribution in [0.15, 0.2) is 18.2 Å². The maximum Gasteiger partial charge on any atom is 0.0454 e. The second-order valence-corrected chi connectivity index (χ2v) is 5.82. The van der Waals surface area contributed by atoms with Crippen LogP contribution in [0.25, 0.3) is 0 Å². The minimum atomic E-state index is 0.705. The van der Waals surface area contributed by atoms with Crippen LogP contribution in [0.3, 0.4) is 0 Å². The van der Waals surface area contributed by atoms with Crippen LogP contribution in [0, 0.1) is 12.8 Å². The van der Waals surface area contributed by atoms with Crippen molar-refractivity contribution >= 4 is 5.69 Å². The molecule has 2 atom stereocenters. The van der Waals surface area contributed by atoms with E-state index >= 15 is 0 Å². The molecule has 0 bridgehead atoms. The Labute approximate surface area is 110 Å². The molecule has 0 radical (unpaired) electrons. The molecule has 3 rings (SSSR count). The summed E-state index contributed by atoms with van der Waals surface area (Å²) in [6, 6.07) is 7.69. The van der Waals surface area contributed by atoms with Crippen LogP contribution in [0.5, 0.6) is 0 Å². The Morgan fingerprint density at radius 3 is 3.06 bits per heavy atom. The SMILES string of the molecule is CCC1CNCC1N1CCCc2cc(C)ccc21. The Bertz CT molecular complexity index is 427. The predicted molar refractivity (Wildman–Crippen MR) is 77.3 cm³/mol. The molecular weight excluding hydrogens is 220 g/mol. The van der Waals surface area contributed by atoms with E-state index in [-0.39, 0.29) is 0 Å². The van der Waals surface area contributed by atoms with Crippen LogP contribution in [0.4, 0.5) is 5.69 Å². The van der Waals surface area contributed by atoms with Crippen molar-refractivity contribution in [1.82, 2.24) is 5.32 Å². The Kier molecular flexibility index (Phi) is 3.29. The molecule has 2 unspecified atom stereocenters. The lowest BCUT2D eigenvalue weighted by Crippen LogP contribution is -2.43. The first-order valence-corrected chi connectivity index (χ1v) is 7.36. The van der Waals surface area contributed by atoms with Gasteiger partial charge in [0.2, 0.25) is 0 Å². The number of hydrogen-bond donors (Lipinski definition) is 1. The third-order valence-corrected chi connectivity index (χ3v) is 4.62. The molecule has 0 amide bonds. The van der Waals surface area contributed by atoms with Crippen molar-refractivity contribution in [2.45, 2.75) is 39.2 Å². The van der Waals surface area contributed by atoms with Crippen molar-refractivity contribution in [1.29, 1.82) is 0 Å². The van der Waals surface area contributed by atoms with Crippen LogP contribution in [0.2, 0.25) is 0 Å². The number of hydrogen-bond acceptors (Lipinski definition) is 2. The second-order valence-electron chi connectivity index (χ2n) is 5.82. The van der Waals surface area contributed by atoms with Gasteiger partial charge in [0.1, 0.15) is 0 Å². The highest BCUT2D eigenvalue weighted by molar-refractivity contribution is 5.57. The van der Waals surface area contributed by atoms with Crippen molar-refractivity contribution in [3.63, 3.8) is 0 Å². The molecule has 1 fully saturated rings. The summed E-state index contributed by atoms with van der Waals surface area (Å²) in [6.45, 7) is 8.11. The zero-order chi connectivity index (χ0) is 12.5. The average molecular weight is 244 g/mol. The molecule has 0 spiro atoms. The summed E-state index contributed by atoms with van der Waals surface area (Å²) >= 11 is 0. The van der Waals surface area contributed by atoms with Gasteiger partial charge in [0.15, 0.2) is 0 Å². The average Bonchev–Trinajstić information content (AvgIpc) is 2.85. The lowest BCUT2D eigenvalue weighted by Gasteiger charge is -2.38. The Balaban J connectivity index is 1.91. The Hall–Kier alpha value is -1.02. The monoisotopic (exact) mass is 244 g/mol. The van der Waals surface area contributed by atoms with Gasteiger partial charge in [0.05, 0.1) is 0 Å². The number of fused-ring (bicyclic) bond motifs is 1. The van der Waals surface area contributed by atoms with Crippen molar-refractivity contribution in [3.05, 3.63) is 29.3 Å². The highest BCUT2D eigenvalue weighted by Crippen LogP contribution is 2.32. The molecule has 1 aromatic carbocycles. The van der Waals surface area contributed by atoms with E-state index in [2.05, 4.69) is 42.3 Å². The molecule has 2 heterocycles. The zero-order valence-electron chi connectivity index (χ0n) is 11.6. The largest absolute Gasteiger partial charge is 0.367 e. The molecule has 1 aromatic rings. The van der Waals surface area contributed by atoms with Crippen LogP contribution in [-0.2, 0) is 6.42 Å². The van der Waals surface area contributed by atoms with E-state index in [1.165, 1.54) is 43.6 Å². The molecule has 18 heavy (non-hydrogen) atoms. The molecule has 2 aliphatic heterocycles. The topological polar surface area (TPSA) is 15.3 Å². The van der Waals surface area contributed by atoms with Crippen LogP contribution < -0.4 is 10.2 Å². The number of nitrogens with zero attached hydrogens (tertiary/aromatic N) is 1. The summed E-state index contributed by atoms with van der Waals surface area (Å²) in [5, 5.41) is 3.57. The van der Waals surface area contributed by atoms with Crippen molar-refractivity contribution in [2.75, 3.05) is 24.5 Å².